The van der Waals surface area contributed by atoms with Gasteiger partial charge in [0, 0.05) is 12.2 Å². The van der Waals surface area contributed by atoms with Crippen LogP contribution in [0.25, 0.3) is 0 Å². The number of rotatable bonds is 7. The van der Waals surface area contributed by atoms with E-state index < -0.39 is 29.3 Å². The summed E-state index contributed by atoms with van der Waals surface area (Å²) in [5.41, 5.74) is -0.0478. The quantitative estimate of drug-likeness (QED) is 0.518. The van der Waals surface area contributed by atoms with Crippen molar-refractivity contribution in [2.75, 3.05) is 18.4 Å². The Kier molecular flexibility index (Phi) is 9.29. The number of benzene rings is 1. The van der Waals surface area contributed by atoms with Crippen molar-refractivity contribution in [3.05, 3.63) is 29.8 Å². The lowest BCUT2D eigenvalue weighted by Crippen LogP contribution is -2.39. The van der Waals surface area contributed by atoms with Crippen LogP contribution in [0, 0.1) is 0 Å². The van der Waals surface area contributed by atoms with Gasteiger partial charge in [-0.25, -0.2) is 9.59 Å². The van der Waals surface area contributed by atoms with Gasteiger partial charge in [-0.1, -0.05) is 12.1 Å². The molecule has 0 aliphatic rings. The van der Waals surface area contributed by atoms with Crippen LogP contribution in [0.3, 0.4) is 0 Å². The zero-order valence-corrected chi connectivity index (χ0v) is 18.9. The molecule has 10 heteroatoms. The molecule has 0 atom stereocenters. The number of anilines is 1. The number of carbonyl (C=O) groups excluding carboxylic acids is 4. The first kappa shape index (κ1) is 25.7. The third-order valence-electron chi connectivity index (χ3n) is 3.28. The van der Waals surface area contributed by atoms with Crippen LogP contribution in [0.15, 0.2) is 24.3 Å². The van der Waals surface area contributed by atoms with Crippen LogP contribution in [0.1, 0.15) is 47.1 Å². The Hall–Kier alpha value is -3.30. The minimum absolute atomic E-state index is 0.203. The molecule has 0 radical (unpaired) electrons. The maximum Gasteiger partial charge on any atom is 0.408 e. The average Bonchev–Trinajstić information content (AvgIpc) is 2.60. The Bertz CT molecular complexity index is 796. The van der Waals surface area contributed by atoms with E-state index in [4.69, 9.17) is 9.47 Å². The molecule has 1 aromatic carbocycles. The Labute approximate surface area is 182 Å². The van der Waals surface area contributed by atoms with Gasteiger partial charge in [-0.2, -0.15) is 0 Å². The number of amides is 4. The number of alkyl carbamates (subject to hydrolysis) is 2. The highest BCUT2D eigenvalue weighted by Gasteiger charge is 2.17. The van der Waals surface area contributed by atoms with Gasteiger partial charge in [-0.05, 0) is 59.2 Å². The molecule has 0 aromatic heterocycles. The fraction of sp³-hybridized carbons (Fsp3) is 0.524. The molecule has 0 spiro atoms. The highest BCUT2D eigenvalue weighted by atomic mass is 16.6. The minimum Gasteiger partial charge on any atom is -0.444 e. The molecule has 0 unspecified atom stereocenters. The number of nitrogens with one attached hydrogen (secondary N) is 4. The SMILES string of the molecule is CC(C)(C)OC(=O)NCC(=O)NCc1cccc(NC(=O)CNC(=O)OC(C)(C)C)c1. The predicted octanol–water partition coefficient (Wildman–Crippen LogP) is 2.29. The van der Waals surface area contributed by atoms with Crippen LogP contribution in [-0.2, 0) is 25.6 Å². The summed E-state index contributed by atoms with van der Waals surface area (Å²) in [6, 6.07) is 6.86. The van der Waals surface area contributed by atoms with E-state index >= 15 is 0 Å². The Morgan fingerprint density at radius 3 is 1.81 bits per heavy atom. The van der Waals surface area contributed by atoms with Gasteiger partial charge >= 0.3 is 12.2 Å². The number of carbonyl (C=O) groups is 4. The van der Waals surface area contributed by atoms with Crippen molar-refractivity contribution in [2.24, 2.45) is 0 Å². The summed E-state index contributed by atoms with van der Waals surface area (Å²) >= 11 is 0. The molecule has 4 amide bonds. The van der Waals surface area contributed by atoms with Gasteiger partial charge in [0.2, 0.25) is 11.8 Å². The van der Waals surface area contributed by atoms with Gasteiger partial charge in [0.1, 0.15) is 24.3 Å². The van der Waals surface area contributed by atoms with E-state index in [-0.39, 0.29) is 25.5 Å². The van der Waals surface area contributed by atoms with Crippen LogP contribution in [0.2, 0.25) is 0 Å². The molecular weight excluding hydrogens is 404 g/mol. The third kappa shape index (κ3) is 12.8. The highest BCUT2D eigenvalue weighted by molar-refractivity contribution is 5.93. The zero-order valence-electron chi connectivity index (χ0n) is 18.9. The standard InChI is InChI=1S/C21H32N4O6/c1-20(2,3)30-18(28)23-12-16(26)22-11-14-8-7-9-15(10-14)25-17(27)13-24-19(29)31-21(4,5)6/h7-10H,11-13H2,1-6H3,(H,22,26)(H,23,28)(H,24,29)(H,25,27). The average molecular weight is 437 g/mol. The van der Waals surface area contributed by atoms with Crippen LogP contribution in [0.4, 0.5) is 15.3 Å². The molecule has 1 aromatic rings. The number of hydrogen-bond donors (Lipinski definition) is 4. The van der Waals surface area contributed by atoms with Gasteiger partial charge in [-0.15, -0.1) is 0 Å². The maximum atomic E-state index is 12.0. The fourth-order valence-electron chi connectivity index (χ4n) is 2.16. The van der Waals surface area contributed by atoms with Crippen LogP contribution in [0.5, 0.6) is 0 Å². The van der Waals surface area contributed by atoms with Crippen molar-refractivity contribution >= 4 is 29.7 Å². The monoisotopic (exact) mass is 436 g/mol. The minimum atomic E-state index is -0.681. The first-order valence-electron chi connectivity index (χ1n) is 9.83. The Balaban J connectivity index is 2.42. The maximum absolute atomic E-state index is 12.0. The van der Waals surface area contributed by atoms with E-state index in [1.165, 1.54) is 0 Å². The normalized spacial score (nSPS) is 11.2. The molecule has 0 saturated heterocycles. The largest absolute Gasteiger partial charge is 0.444 e. The summed E-state index contributed by atoms with van der Waals surface area (Å²) in [6.45, 7) is 10.1. The van der Waals surface area contributed by atoms with Crippen molar-refractivity contribution in [2.45, 2.75) is 59.3 Å². The molecule has 31 heavy (non-hydrogen) atoms. The summed E-state index contributed by atoms with van der Waals surface area (Å²) in [5, 5.41) is 10.1. The molecule has 0 aliphatic carbocycles. The molecule has 172 valence electrons. The number of ether oxygens (including phenoxy) is 2. The summed E-state index contributed by atoms with van der Waals surface area (Å²) in [7, 11) is 0. The van der Waals surface area contributed by atoms with Crippen LogP contribution in [-0.4, -0.2) is 48.3 Å². The van der Waals surface area contributed by atoms with Gasteiger partial charge < -0.3 is 30.7 Å². The van der Waals surface area contributed by atoms with Crippen molar-refractivity contribution in [1.82, 2.24) is 16.0 Å². The number of hydrogen-bond acceptors (Lipinski definition) is 6. The second kappa shape index (κ2) is 11.2. The van der Waals surface area contributed by atoms with E-state index in [9.17, 15) is 19.2 Å². The molecular formula is C21H32N4O6. The molecule has 0 saturated carbocycles. The highest BCUT2D eigenvalue weighted by Crippen LogP contribution is 2.11. The predicted molar refractivity (Wildman–Crippen MR) is 115 cm³/mol. The first-order valence-corrected chi connectivity index (χ1v) is 9.83. The van der Waals surface area contributed by atoms with Crippen LogP contribution >= 0.6 is 0 Å². The van der Waals surface area contributed by atoms with E-state index in [0.29, 0.717) is 5.69 Å². The molecule has 10 nitrogen and oxygen atoms in total. The molecule has 1 rings (SSSR count). The second-order valence-corrected chi connectivity index (χ2v) is 8.74. The lowest BCUT2D eigenvalue weighted by Gasteiger charge is -2.19. The second-order valence-electron chi connectivity index (χ2n) is 8.74. The van der Waals surface area contributed by atoms with Crippen molar-refractivity contribution in [3.8, 4) is 0 Å². The Morgan fingerprint density at radius 1 is 0.774 bits per heavy atom. The third-order valence-corrected chi connectivity index (χ3v) is 3.28. The van der Waals surface area contributed by atoms with E-state index in [1.807, 2.05) is 0 Å². The smallest absolute Gasteiger partial charge is 0.408 e. The lowest BCUT2D eigenvalue weighted by molar-refractivity contribution is -0.120. The molecule has 4 N–H and O–H groups in total. The van der Waals surface area contributed by atoms with E-state index in [2.05, 4.69) is 21.3 Å². The van der Waals surface area contributed by atoms with Gasteiger partial charge in [0.05, 0.1) is 0 Å². The summed E-state index contributed by atoms with van der Waals surface area (Å²) < 4.78 is 10.1. The van der Waals surface area contributed by atoms with E-state index in [1.54, 1.807) is 65.8 Å². The van der Waals surface area contributed by atoms with E-state index in [0.717, 1.165) is 5.56 Å². The topological polar surface area (TPSA) is 135 Å². The van der Waals surface area contributed by atoms with Crippen molar-refractivity contribution < 1.29 is 28.7 Å². The molecule has 0 aliphatic heterocycles. The Morgan fingerprint density at radius 2 is 1.29 bits per heavy atom. The summed E-state index contributed by atoms with van der Waals surface area (Å²) in [4.78, 5) is 47.1. The zero-order chi connectivity index (χ0) is 23.7. The van der Waals surface area contributed by atoms with Crippen molar-refractivity contribution in [1.29, 1.82) is 0 Å². The fourth-order valence-corrected chi connectivity index (χ4v) is 2.16. The lowest BCUT2D eigenvalue weighted by atomic mass is 10.2. The van der Waals surface area contributed by atoms with Crippen molar-refractivity contribution in [3.63, 3.8) is 0 Å². The molecule has 0 fully saturated rings. The summed E-state index contributed by atoms with van der Waals surface area (Å²) in [5.74, 6) is -0.810. The molecule has 0 bridgehead atoms. The van der Waals surface area contributed by atoms with Crippen LogP contribution < -0.4 is 21.3 Å². The molecule has 0 heterocycles. The summed E-state index contributed by atoms with van der Waals surface area (Å²) in [6.07, 6.45) is -1.36. The first-order chi connectivity index (χ1) is 14.2. The van der Waals surface area contributed by atoms with Gasteiger partial charge in [0.15, 0.2) is 0 Å². The van der Waals surface area contributed by atoms with Gasteiger partial charge in [0.25, 0.3) is 0 Å². The van der Waals surface area contributed by atoms with Gasteiger partial charge in [-0.3, -0.25) is 9.59 Å².